The first-order valence-corrected chi connectivity index (χ1v) is 6.82. The summed E-state index contributed by atoms with van der Waals surface area (Å²) < 4.78 is 32.0. The summed E-state index contributed by atoms with van der Waals surface area (Å²) in [5.74, 6) is -1.61. The summed E-state index contributed by atoms with van der Waals surface area (Å²) in [6, 6.07) is 2.97. The van der Waals surface area contributed by atoms with Crippen LogP contribution in [0.2, 0.25) is 0 Å². The summed E-state index contributed by atoms with van der Waals surface area (Å²) in [5, 5.41) is 5.41. The number of likely N-dealkylation sites (N-methyl/N-ethyl adjacent to an activating group) is 1. The Bertz CT molecular complexity index is 497. The van der Waals surface area contributed by atoms with Gasteiger partial charge in [-0.15, -0.1) is 0 Å². The number of nitrogens with zero attached hydrogens (tertiary/aromatic N) is 1. The zero-order chi connectivity index (χ0) is 15.2. The third-order valence-corrected chi connectivity index (χ3v) is 3.22. The maximum atomic E-state index is 13.4. The molecule has 1 aliphatic heterocycles. The molecule has 1 atom stereocenters. The molecule has 1 saturated heterocycles. The van der Waals surface area contributed by atoms with Gasteiger partial charge in [0.1, 0.15) is 11.6 Å². The molecule has 2 N–H and O–H groups in total. The van der Waals surface area contributed by atoms with Crippen LogP contribution in [-0.4, -0.2) is 56.7 Å². The molecular formula is C14H19F2N3O2. The zero-order valence-corrected chi connectivity index (χ0v) is 11.9. The van der Waals surface area contributed by atoms with E-state index in [1.54, 1.807) is 0 Å². The second-order valence-electron chi connectivity index (χ2n) is 4.96. The molecule has 7 heteroatoms. The van der Waals surface area contributed by atoms with Crippen molar-refractivity contribution in [3.63, 3.8) is 0 Å². The van der Waals surface area contributed by atoms with Crippen molar-refractivity contribution in [3.05, 3.63) is 29.8 Å². The van der Waals surface area contributed by atoms with Gasteiger partial charge in [0, 0.05) is 25.7 Å². The van der Waals surface area contributed by atoms with Gasteiger partial charge in [-0.05, 0) is 19.2 Å². The number of amides is 1. The molecule has 0 spiro atoms. The second-order valence-corrected chi connectivity index (χ2v) is 4.96. The van der Waals surface area contributed by atoms with Gasteiger partial charge in [0.25, 0.3) is 0 Å². The smallest absolute Gasteiger partial charge is 0.238 e. The van der Waals surface area contributed by atoms with E-state index in [2.05, 4.69) is 10.6 Å². The Morgan fingerprint density at radius 2 is 2.29 bits per heavy atom. The minimum atomic E-state index is -0.653. The van der Waals surface area contributed by atoms with Crippen LogP contribution < -0.4 is 10.6 Å². The lowest BCUT2D eigenvalue weighted by atomic mass is 10.2. The van der Waals surface area contributed by atoms with Crippen molar-refractivity contribution in [1.82, 2.24) is 10.2 Å². The molecule has 1 aromatic rings. The van der Waals surface area contributed by atoms with Crippen LogP contribution >= 0.6 is 0 Å². The van der Waals surface area contributed by atoms with Crippen LogP contribution in [-0.2, 0) is 9.53 Å². The predicted octanol–water partition coefficient (Wildman–Crippen LogP) is 0.823. The fraction of sp³-hybridized carbons (Fsp3) is 0.500. The molecule has 0 aromatic heterocycles. The quantitative estimate of drug-likeness (QED) is 0.845. The molecule has 0 aliphatic carbocycles. The lowest BCUT2D eigenvalue weighted by Gasteiger charge is -2.32. The van der Waals surface area contributed by atoms with Gasteiger partial charge in [-0.25, -0.2) is 8.78 Å². The normalized spacial score (nSPS) is 19.5. The van der Waals surface area contributed by atoms with E-state index in [1.165, 1.54) is 0 Å². The van der Waals surface area contributed by atoms with Gasteiger partial charge in [0.05, 0.1) is 24.9 Å². The van der Waals surface area contributed by atoms with Crippen molar-refractivity contribution >= 4 is 11.6 Å². The number of nitrogens with one attached hydrogen (secondary N) is 2. The number of halogens is 2. The molecule has 5 nitrogen and oxygen atoms in total. The van der Waals surface area contributed by atoms with Crippen molar-refractivity contribution in [2.75, 3.05) is 45.2 Å². The van der Waals surface area contributed by atoms with Gasteiger partial charge in [-0.3, -0.25) is 9.69 Å². The van der Waals surface area contributed by atoms with E-state index in [9.17, 15) is 13.6 Å². The molecule has 1 aromatic carbocycles. The second kappa shape index (κ2) is 7.44. The number of carbonyl (C=O) groups is 1. The van der Waals surface area contributed by atoms with E-state index in [4.69, 9.17) is 4.74 Å². The summed E-state index contributed by atoms with van der Waals surface area (Å²) in [5.41, 5.74) is -0.139. The number of rotatable bonds is 5. The standard InChI is InChI=1S/C14H19F2N3O2/c1-17-7-11-8-19(4-5-21-11)9-14(20)18-13-6-10(15)2-3-12(13)16/h2-3,6,11,17H,4-5,7-9H2,1H3,(H,18,20). The first-order chi connectivity index (χ1) is 10.1. The Morgan fingerprint density at radius 3 is 3.05 bits per heavy atom. The SMILES string of the molecule is CNCC1CN(CC(=O)Nc2cc(F)ccc2F)CCO1. The topological polar surface area (TPSA) is 53.6 Å². The summed E-state index contributed by atoms with van der Waals surface area (Å²) in [4.78, 5) is 13.8. The number of ether oxygens (including phenoxy) is 1. The fourth-order valence-corrected chi connectivity index (χ4v) is 2.26. The number of morpholine rings is 1. The summed E-state index contributed by atoms with van der Waals surface area (Å²) in [6.45, 7) is 2.64. The molecule has 116 valence electrons. The van der Waals surface area contributed by atoms with Gasteiger partial charge in [-0.1, -0.05) is 0 Å². The van der Waals surface area contributed by atoms with Gasteiger partial charge in [-0.2, -0.15) is 0 Å². The predicted molar refractivity (Wildman–Crippen MR) is 75.1 cm³/mol. The molecule has 21 heavy (non-hydrogen) atoms. The minimum Gasteiger partial charge on any atom is -0.374 e. The fourth-order valence-electron chi connectivity index (χ4n) is 2.26. The van der Waals surface area contributed by atoms with Crippen LogP contribution in [0.1, 0.15) is 0 Å². The van der Waals surface area contributed by atoms with Crippen molar-refractivity contribution < 1.29 is 18.3 Å². The van der Waals surface area contributed by atoms with Crippen molar-refractivity contribution in [2.24, 2.45) is 0 Å². The van der Waals surface area contributed by atoms with Gasteiger partial charge < -0.3 is 15.4 Å². The monoisotopic (exact) mass is 299 g/mol. The number of carbonyl (C=O) groups excluding carboxylic acids is 1. The Morgan fingerprint density at radius 1 is 1.48 bits per heavy atom. The summed E-state index contributed by atoms with van der Waals surface area (Å²) in [7, 11) is 1.84. The largest absolute Gasteiger partial charge is 0.374 e. The maximum Gasteiger partial charge on any atom is 0.238 e. The van der Waals surface area contributed by atoms with Crippen LogP contribution in [0.5, 0.6) is 0 Å². The van der Waals surface area contributed by atoms with Crippen LogP contribution in [0.25, 0.3) is 0 Å². The number of benzene rings is 1. The van der Waals surface area contributed by atoms with Crippen LogP contribution in [0.4, 0.5) is 14.5 Å². The molecule has 0 radical (unpaired) electrons. The van der Waals surface area contributed by atoms with Crippen LogP contribution in [0.3, 0.4) is 0 Å². The van der Waals surface area contributed by atoms with E-state index in [0.717, 1.165) is 18.2 Å². The highest BCUT2D eigenvalue weighted by molar-refractivity contribution is 5.92. The lowest BCUT2D eigenvalue weighted by Crippen LogP contribution is -2.48. The highest BCUT2D eigenvalue weighted by atomic mass is 19.1. The van der Waals surface area contributed by atoms with Gasteiger partial charge in [0.2, 0.25) is 5.91 Å². The van der Waals surface area contributed by atoms with Crippen molar-refractivity contribution in [3.8, 4) is 0 Å². The molecule has 1 fully saturated rings. The summed E-state index contributed by atoms with van der Waals surface area (Å²) in [6.07, 6.45) is 0.0301. The van der Waals surface area contributed by atoms with Crippen LogP contribution in [0.15, 0.2) is 18.2 Å². The summed E-state index contributed by atoms with van der Waals surface area (Å²) >= 11 is 0. The van der Waals surface area contributed by atoms with Crippen molar-refractivity contribution in [1.29, 1.82) is 0 Å². The van der Waals surface area contributed by atoms with E-state index < -0.39 is 11.6 Å². The first kappa shape index (κ1) is 15.8. The molecular weight excluding hydrogens is 280 g/mol. The number of anilines is 1. The van der Waals surface area contributed by atoms with E-state index >= 15 is 0 Å². The molecule has 1 heterocycles. The molecule has 1 aliphatic rings. The number of hydrogen-bond donors (Lipinski definition) is 2. The molecule has 1 amide bonds. The Balaban J connectivity index is 1.88. The highest BCUT2D eigenvalue weighted by Gasteiger charge is 2.21. The number of hydrogen-bond acceptors (Lipinski definition) is 4. The van der Waals surface area contributed by atoms with Gasteiger partial charge in [0.15, 0.2) is 0 Å². The minimum absolute atomic E-state index is 0.0301. The Hall–Kier alpha value is -1.57. The van der Waals surface area contributed by atoms with E-state index in [0.29, 0.717) is 26.2 Å². The van der Waals surface area contributed by atoms with Crippen molar-refractivity contribution in [2.45, 2.75) is 6.10 Å². The highest BCUT2D eigenvalue weighted by Crippen LogP contribution is 2.15. The third-order valence-electron chi connectivity index (χ3n) is 3.22. The zero-order valence-electron chi connectivity index (χ0n) is 11.9. The molecule has 2 rings (SSSR count). The van der Waals surface area contributed by atoms with E-state index in [1.807, 2.05) is 11.9 Å². The lowest BCUT2D eigenvalue weighted by molar-refractivity contribution is -0.119. The van der Waals surface area contributed by atoms with E-state index in [-0.39, 0.29) is 24.2 Å². The van der Waals surface area contributed by atoms with Gasteiger partial charge >= 0.3 is 0 Å². The third kappa shape index (κ3) is 4.73. The Kier molecular flexibility index (Phi) is 5.60. The average Bonchev–Trinajstić information content (AvgIpc) is 2.43. The molecule has 0 bridgehead atoms. The molecule has 0 saturated carbocycles. The average molecular weight is 299 g/mol. The van der Waals surface area contributed by atoms with Crippen LogP contribution in [0, 0.1) is 11.6 Å². The Labute approximate surface area is 122 Å². The maximum absolute atomic E-state index is 13.4. The molecule has 1 unspecified atom stereocenters. The first-order valence-electron chi connectivity index (χ1n) is 6.82.